The van der Waals surface area contributed by atoms with Gasteiger partial charge in [-0.15, -0.1) is 0 Å². The molecule has 0 saturated carbocycles. The number of anilines is 1. The average Bonchev–Trinajstić information content (AvgIpc) is 3.11. The molecule has 0 unspecified atom stereocenters. The number of nitrogens with two attached hydrogens (primary N) is 1. The summed E-state index contributed by atoms with van der Waals surface area (Å²) >= 11 is 5.88. The topological polar surface area (TPSA) is 102 Å². The lowest BCUT2D eigenvalue weighted by Gasteiger charge is -2.23. The van der Waals surface area contributed by atoms with Crippen LogP contribution in [0.4, 0.5) is 10.5 Å². The van der Waals surface area contributed by atoms with E-state index in [0.717, 1.165) is 17.7 Å². The molecule has 3 N–H and O–H groups in total. The van der Waals surface area contributed by atoms with Crippen LogP contribution in [-0.2, 0) is 20.7 Å². The van der Waals surface area contributed by atoms with Gasteiger partial charge in [0, 0.05) is 17.3 Å². The average molecular weight is 416 g/mol. The predicted octanol–water partition coefficient (Wildman–Crippen LogP) is 2.96. The number of rotatable bonds is 6. The first kappa shape index (κ1) is 20.7. The van der Waals surface area contributed by atoms with Crippen molar-refractivity contribution in [2.45, 2.75) is 31.9 Å². The van der Waals surface area contributed by atoms with Crippen molar-refractivity contribution in [3.05, 3.63) is 64.7 Å². The Hall–Kier alpha value is -3.06. The van der Waals surface area contributed by atoms with Gasteiger partial charge in [0.25, 0.3) is 5.91 Å². The third kappa shape index (κ3) is 5.06. The summed E-state index contributed by atoms with van der Waals surface area (Å²) < 4.78 is 5.35. The molecule has 3 amide bonds. The van der Waals surface area contributed by atoms with Gasteiger partial charge in [-0.1, -0.05) is 41.9 Å². The number of halogens is 1. The highest BCUT2D eigenvalue weighted by Gasteiger charge is 2.30. The molecule has 2 atom stereocenters. The Morgan fingerprint density at radius 1 is 1.17 bits per heavy atom. The highest BCUT2D eigenvalue weighted by Crippen LogP contribution is 2.28. The standard InChI is InChI=1S/C21H22ClN3O4/c1-13(20(27)25-11-10-15-4-2-3-5-18(15)25)29-19(26)12-17(24-21(23)28)14-6-8-16(22)9-7-14/h2-9,13,17H,10-12H2,1H3,(H3,23,24,28)/t13-,17-/m0/s1. The van der Waals surface area contributed by atoms with Gasteiger partial charge in [-0.05, 0) is 42.7 Å². The zero-order chi connectivity index (χ0) is 21.0. The molecule has 3 rings (SSSR count). The van der Waals surface area contributed by atoms with Crippen molar-refractivity contribution >= 4 is 35.2 Å². The summed E-state index contributed by atoms with van der Waals surface area (Å²) in [5.41, 5.74) is 7.81. The van der Waals surface area contributed by atoms with Gasteiger partial charge in [0.1, 0.15) is 0 Å². The Morgan fingerprint density at radius 2 is 1.86 bits per heavy atom. The van der Waals surface area contributed by atoms with E-state index in [-0.39, 0.29) is 12.3 Å². The molecule has 29 heavy (non-hydrogen) atoms. The van der Waals surface area contributed by atoms with E-state index < -0.39 is 24.1 Å². The molecule has 1 aliphatic heterocycles. The van der Waals surface area contributed by atoms with Crippen molar-refractivity contribution in [3.63, 3.8) is 0 Å². The van der Waals surface area contributed by atoms with Crippen LogP contribution in [0.5, 0.6) is 0 Å². The van der Waals surface area contributed by atoms with Crippen molar-refractivity contribution in [1.29, 1.82) is 0 Å². The fourth-order valence-corrected chi connectivity index (χ4v) is 3.49. The molecular formula is C21H22ClN3O4. The largest absolute Gasteiger partial charge is 0.452 e. The summed E-state index contributed by atoms with van der Waals surface area (Å²) in [5.74, 6) is -0.902. The van der Waals surface area contributed by atoms with E-state index >= 15 is 0 Å². The zero-order valence-corrected chi connectivity index (χ0v) is 16.7. The first-order valence-corrected chi connectivity index (χ1v) is 9.63. The number of carbonyl (C=O) groups is 3. The molecular weight excluding hydrogens is 394 g/mol. The lowest BCUT2D eigenvalue weighted by molar-refractivity contribution is -0.154. The van der Waals surface area contributed by atoms with E-state index in [1.807, 2.05) is 24.3 Å². The van der Waals surface area contributed by atoms with Crippen LogP contribution >= 0.6 is 11.6 Å². The van der Waals surface area contributed by atoms with Gasteiger partial charge >= 0.3 is 12.0 Å². The van der Waals surface area contributed by atoms with Crippen LogP contribution in [0.15, 0.2) is 48.5 Å². The smallest absolute Gasteiger partial charge is 0.312 e. The molecule has 1 heterocycles. The van der Waals surface area contributed by atoms with Crippen LogP contribution in [0.3, 0.4) is 0 Å². The quantitative estimate of drug-likeness (QED) is 0.708. The van der Waals surface area contributed by atoms with E-state index in [2.05, 4.69) is 5.32 Å². The van der Waals surface area contributed by atoms with Gasteiger partial charge in [-0.2, -0.15) is 0 Å². The van der Waals surface area contributed by atoms with E-state index in [4.69, 9.17) is 22.1 Å². The summed E-state index contributed by atoms with van der Waals surface area (Å²) in [4.78, 5) is 38.2. The minimum absolute atomic E-state index is 0.168. The number of ether oxygens (including phenoxy) is 1. The maximum Gasteiger partial charge on any atom is 0.312 e. The second kappa shape index (κ2) is 8.96. The van der Waals surface area contributed by atoms with Crippen LogP contribution in [-0.4, -0.2) is 30.6 Å². The number of benzene rings is 2. The van der Waals surface area contributed by atoms with E-state index in [0.29, 0.717) is 17.1 Å². The summed E-state index contributed by atoms with van der Waals surface area (Å²) in [6.07, 6.45) is -0.351. The monoisotopic (exact) mass is 415 g/mol. The van der Waals surface area contributed by atoms with Crippen molar-refractivity contribution in [3.8, 4) is 0 Å². The van der Waals surface area contributed by atoms with Crippen LogP contribution in [0.1, 0.15) is 30.5 Å². The number of nitrogens with one attached hydrogen (secondary N) is 1. The molecule has 0 fully saturated rings. The Bertz CT molecular complexity index is 916. The number of esters is 1. The van der Waals surface area contributed by atoms with Crippen molar-refractivity contribution in [1.82, 2.24) is 5.32 Å². The van der Waals surface area contributed by atoms with E-state index in [9.17, 15) is 14.4 Å². The second-order valence-corrected chi connectivity index (χ2v) is 7.25. The molecule has 0 radical (unpaired) electrons. The van der Waals surface area contributed by atoms with Crippen LogP contribution in [0.25, 0.3) is 0 Å². The van der Waals surface area contributed by atoms with Gasteiger partial charge in [-0.3, -0.25) is 9.59 Å². The number of amides is 3. The van der Waals surface area contributed by atoms with Gasteiger partial charge < -0.3 is 20.7 Å². The maximum atomic E-state index is 12.8. The van der Waals surface area contributed by atoms with Crippen LogP contribution < -0.4 is 16.0 Å². The summed E-state index contributed by atoms with van der Waals surface area (Å²) in [7, 11) is 0. The lowest BCUT2D eigenvalue weighted by atomic mass is 10.0. The number of para-hydroxylation sites is 1. The van der Waals surface area contributed by atoms with Crippen molar-refractivity contribution in [2.24, 2.45) is 5.73 Å². The molecule has 0 aromatic heterocycles. The van der Waals surface area contributed by atoms with Gasteiger partial charge in [-0.25, -0.2) is 4.79 Å². The minimum Gasteiger partial charge on any atom is -0.452 e. The van der Waals surface area contributed by atoms with Crippen molar-refractivity contribution < 1.29 is 19.1 Å². The van der Waals surface area contributed by atoms with Gasteiger partial charge in [0.05, 0.1) is 12.5 Å². The Morgan fingerprint density at radius 3 is 2.55 bits per heavy atom. The SMILES string of the molecule is C[C@H](OC(=O)C[C@H](NC(N)=O)c1ccc(Cl)cc1)C(=O)N1CCc2ccccc21. The summed E-state index contributed by atoms with van der Waals surface area (Å²) in [6.45, 7) is 2.09. The summed E-state index contributed by atoms with van der Waals surface area (Å²) in [5, 5.41) is 3.04. The first-order valence-electron chi connectivity index (χ1n) is 9.25. The lowest BCUT2D eigenvalue weighted by Crippen LogP contribution is -2.40. The number of carbonyl (C=O) groups excluding carboxylic acids is 3. The van der Waals surface area contributed by atoms with Crippen LogP contribution in [0, 0.1) is 0 Å². The molecule has 2 aromatic carbocycles. The molecule has 152 valence electrons. The third-order valence-corrected chi connectivity index (χ3v) is 5.02. The number of hydrogen-bond acceptors (Lipinski definition) is 4. The Balaban J connectivity index is 1.64. The van der Waals surface area contributed by atoms with Gasteiger partial charge in [0.2, 0.25) is 0 Å². The number of urea groups is 1. The molecule has 0 bridgehead atoms. The minimum atomic E-state index is -0.951. The van der Waals surface area contributed by atoms with E-state index in [1.165, 1.54) is 0 Å². The zero-order valence-electron chi connectivity index (χ0n) is 15.9. The molecule has 2 aromatic rings. The molecule has 0 spiro atoms. The number of primary amides is 1. The molecule has 1 aliphatic rings. The molecule has 0 aliphatic carbocycles. The van der Waals surface area contributed by atoms with Crippen LogP contribution in [0.2, 0.25) is 5.02 Å². The highest BCUT2D eigenvalue weighted by molar-refractivity contribution is 6.30. The Kier molecular flexibility index (Phi) is 6.39. The number of hydrogen-bond donors (Lipinski definition) is 2. The molecule has 8 heteroatoms. The molecule has 7 nitrogen and oxygen atoms in total. The first-order chi connectivity index (χ1) is 13.8. The van der Waals surface area contributed by atoms with E-state index in [1.54, 1.807) is 36.1 Å². The predicted molar refractivity (Wildman–Crippen MR) is 110 cm³/mol. The maximum absolute atomic E-state index is 12.8. The van der Waals surface area contributed by atoms with Gasteiger partial charge in [0.15, 0.2) is 6.10 Å². The number of fused-ring (bicyclic) bond motifs is 1. The normalized spacial score (nSPS) is 14.6. The van der Waals surface area contributed by atoms with Crippen molar-refractivity contribution in [2.75, 3.05) is 11.4 Å². The number of nitrogens with zero attached hydrogens (tertiary/aromatic N) is 1. The fraction of sp³-hybridized carbons (Fsp3) is 0.286. The third-order valence-electron chi connectivity index (χ3n) is 4.77. The fourth-order valence-electron chi connectivity index (χ4n) is 3.37. The highest BCUT2D eigenvalue weighted by atomic mass is 35.5. The second-order valence-electron chi connectivity index (χ2n) is 6.82. The summed E-state index contributed by atoms with van der Waals surface area (Å²) in [6, 6.07) is 12.9. The molecule has 0 saturated heterocycles. The Labute approximate surface area is 173 Å².